The zero-order valence-corrected chi connectivity index (χ0v) is 13.8. The van der Waals surface area contributed by atoms with Crippen molar-refractivity contribution in [1.29, 1.82) is 0 Å². The Hall–Kier alpha value is -1.12. The Morgan fingerprint density at radius 2 is 1.95 bits per heavy atom. The van der Waals surface area contributed by atoms with Gasteiger partial charge >= 0.3 is 0 Å². The van der Waals surface area contributed by atoms with Crippen molar-refractivity contribution in [2.75, 3.05) is 0 Å². The Bertz CT molecular complexity index is 555. The van der Waals surface area contributed by atoms with Crippen LogP contribution < -0.4 is 5.32 Å². The molecule has 2 heteroatoms. The Balaban J connectivity index is 1.77. The van der Waals surface area contributed by atoms with Gasteiger partial charge in [-0.3, -0.25) is 0 Å². The van der Waals surface area contributed by atoms with Crippen LogP contribution in [-0.4, -0.2) is 0 Å². The number of hydrogen-bond acceptors (Lipinski definition) is 2. The van der Waals surface area contributed by atoms with Crippen LogP contribution >= 0.6 is 11.3 Å². The summed E-state index contributed by atoms with van der Waals surface area (Å²) in [5, 5.41) is 6.12. The first kappa shape index (κ1) is 14.8. The molecule has 0 amide bonds. The zero-order valence-electron chi connectivity index (χ0n) is 13.0. The molecular weight excluding hydrogens is 274 g/mol. The van der Waals surface area contributed by atoms with Crippen LogP contribution in [0.3, 0.4) is 0 Å². The summed E-state index contributed by atoms with van der Waals surface area (Å²) in [6.07, 6.45) is 5.53. The fraction of sp³-hybridized carbons (Fsp3) is 0.474. The lowest BCUT2D eigenvalue weighted by Gasteiger charge is -2.28. The molecule has 2 atom stereocenters. The molecule has 0 bridgehead atoms. The van der Waals surface area contributed by atoms with Crippen LogP contribution in [0.1, 0.15) is 60.7 Å². The van der Waals surface area contributed by atoms with Gasteiger partial charge in [-0.05, 0) is 49.6 Å². The third-order valence-corrected chi connectivity index (χ3v) is 5.65. The largest absolute Gasteiger partial charge is 0.302 e. The molecule has 112 valence electrons. The maximum absolute atomic E-state index is 3.92. The Morgan fingerprint density at radius 3 is 2.62 bits per heavy atom. The topological polar surface area (TPSA) is 12.0 Å². The van der Waals surface area contributed by atoms with E-state index in [4.69, 9.17) is 0 Å². The fourth-order valence-corrected chi connectivity index (χ4v) is 4.39. The lowest BCUT2D eigenvalue weighted by atomic mass is 9.94. The van der Waals surface area contributed by atoms with Gasteiger partial charge < -0.3 is 5.32 Å². The highest BCUT2D eigenvalue weighted by atomic mass is 32.1. The van der Waals surface area contributed by atoms with Crippen LogP contribution in [0.25, 0.3) is 0 Å². The van der Waals surface area contributed by atoms with Gasteiger partial charge in [0.1, 0.15) is 0 Å². The van der Waals surface area contributed by atoms with E-state index in [-0.39, 0.29) is 0 Å². The van der Waals surface area contributed by atoms with Crippen molar-refractivity contribution in [3.63, 3.8) is 0 Å². The van der Waals surface area contributed by atoms with E-state index in [0.717, 1.165) is 5.92 Å². The lowest BCUT2D eigenvalue weighted by Crippen LogP contribution is -2.29. The summed E-state index contributed by atoms with van der Waals surface area (Å²) < 4.78 is 0. The number of nitrogens with one attached hydrogen (secondary N) is 1. The van der Waals surface area contributed by atoms with Gasteiger partial charge in [-0.15, -0.1) is 11.3 Å². The third kappa shape index (κ3) is 3.56. The minimum atomic E-state index is 0.401. The van der Waals surface area contributed by atoms with E-state index in [9.17, 15) is 0 Å². The predicted molar refractivity (Wildman–Crippen MR) is 91.7 cm³/mol. The van der Waals surface area contributed by atoms with Crippen LogP contribution in [0.15, 0.2) is 41.8 Å². The highest BCUT2D eigenvalue weighted by Crippen LogP contribution is 2.38. The second-order valence-corrected chi connectivity index (χ2v) is 7.32. The molecular formula is C19H25NS. The van der Waals surface area contributed by atoms with Gasteiger partial charge in [0.05, 0.1) is 0 Å². The van der Waals surface area contributed by atoms with Crippen molar-refractivity contribution < 1.29 is 0 Å². The number of hydrogen-bond donors (Lipinski definition) is 1. The first-order chi connectivity index (χ1) is 10.2. The molecule has 0 spiro atoms. The van der Waals surface area contributed by atoms with E-state index in [0.29, 0.717) is 12.1 Å². The van der Waals surface area contributed by atoms with Crippen molar-refractivity contribution >= 4 is 11.3 Å². The summed E-state index contributed by atoms with van der Waals surface area (Å²) in [5.74, 6) is 0.802. The quantitative estimate of drug-likeness (QED) is 0.753. The highest BCUT2D eigenvalue weighted by Gasteiger charge is 2.28. The third-order valence-electron chi connectivity index (χ3n) is 4.69. The maximum Gasteiger partial charge on any atom is 0.0448 e. The number of aryl methyl sites for hydroxylation is 1. The fourth-order valence-electron chi connectivity index (χ4n) is 3.51. The molecule has 1 nitrogen and oxygen atoms in total. The molecule has 1 aliphatic rings. The molecule has 3 rings (SSSR count). The molecule has 2 aromatic rings. The molecule has 1 N–H and O–H groups in total. The minimum absolute atomic E-state index is 0.401. The molecule has 21 heavy (non-hydrogen) atoms. The smallest absolute Gasteiger partial charge is 0.0448 e. The standard InChI is InChI=1S/C19H25NS/c1-14-7-5-10-17(13-14)15(2)20-19(16-8-3-4-9-16)18-11-6-12-21-18/h5-7,10-13,15-16,19-20H,3-4,8-9H2,1-2H3/t15-,19?/m0/s1. The van der Waals surface area contributed by atoms with Gasteiger partial charge in [0.15, 0.2) is 0 Å². The first-order valence-corrected chi connectivity index (χ1v) is 8.98. The molecule has 1 aromatic heterocycles. The Labute approximate surface area is 132 Å². The van der Waals surface area contributed by atoms with Crippen molar-refractivity contribution in [3.8, 4) is 0 Å². The monoisotopic (exact) mass is 299 g/mol. The zero-order chi connectivity index (χ0) is 14.7. The summed E-state index contributed by atoms with van der Waals surface area (Å²) in [7, 11) is 0. The average molecular weight is 299 g/mol. The summed E-state index contributed by atoms with van der Waals surface area (Å²) in [5.41, 5.74) is 2.74. The van der Waals surface area contributed by atoms with E-state index in [1.165, 1.54) is 41.7 Å². The Morgan fingerprint density at radius 1 is 1.14 bits per heavy atom. The van der Waals surface area contributed by atoms with Crippen LogP contribution in [0.2, 0.25) is 0 Å². The second kappa shape index (κ2) is 6.76. The minimum Gasteiger partial charge on any atom is -0.302 e. The molecule has 1 aliphatic carbocycles. The van der Waals surface area contributed by atoms with Gasteiger partial charge in [0.2, 0.25) is 0 Å². The van der Waals surface area contributed by atoms with Gasteiger partial charge in [0, 0.05) is 17.0 Å². The van der Waals surface area contributed by atoms with E-state index >= 15 is 0 Å². The number of thiophene rings is 1. The van der Waals surface area contributed by atoms with Gasteiger partial charge in [-0.1, -0.05) is 48.7 Å². The van der Waals surface area contributed by atoms with E-state index in [1.807, 2.05) is 11.3 Å². The second-order valence-electron chi connectivity index (χ2n) is 6.34. The summed E-state index contributed by atoms with van der Waals surface area (Å²) >= 11 is 1.90. The molecule has 0 aliphatic heterocycles. The molecule has 1 heterocycles. The van der Waals surface area contributed by atoms with Crippen LogP contribution in [0.4, 0.5) is 0 Å². The number of rotatable bonds is 5. The van der Waals surface area contributed by atoms with E-state index in [2.05, 4.69) is 60.9 Å². The van der Waals surface area contributed by atoms with Crippen molar-refractivity contribution in [1.82, 2.24) is 5.32 Å². The van der Waals surface area contributed by atoms with Crippen LogP contribution in [0.5, 0.6) is 0 Å². The van der Waals surface area contributed by atoms with Gasteiger partial charge in [-0.25, -0.2) is 0 Å². The summed E-state index contributed by atoms with van der Waals surface area (Å²) in [4.78, 5) is 1.50. The number of benzene rings is 1. The molecule has 1 aromatic carbocycles. The van der Waals surface area contributed by atoms with Crippen molar-refractivity contribution in [2.24, 2.45) is 5.92 Å². The van der Waals surface area contributed by atoms with Crippen molar-refractivity contribution in [2.45, 2.75) is 51.6 Å². The van der Waals surface area contributed by atoms with Crippen LogP contribution in [0, 0.1) is 12.8 Å². The maximum atomic E-state index is 3.92. The van der Waals surface area contributed by atoms with Gasteiger partial charge in [0.25, 0.3) is 0 Å². The Kier molecular flexibility index (Phi) is 4.77. The predicted octanol–water partition coefficient (Wildman–Crippen LogP) is 5.64. The molecule has 1 unspecified atom stereocenters. The normalized spacial score (nSPS) is 18.8. The SMILES string of the molecule is Cc1cccc([C@H](C)NC(c2cccs2)C2CCCC2)c1. The first-order valence-electron chi connectivity index (χ1n) is 8.10. The van der Waals surface area contributed by atoms with Crippen LogP contribution in [-0.2, 0) is 0 Å². The molecule has 0 saturated heterocycles. The average Bonchev–Trinajstić information content (AvgIpc) is 3.18. The molecule has 1 saturated carbocycles. The van der Waals surface area contributed by atoms with E-state index in [1.54, 1.807) is 0 Å². The van der Waals surface area contributed by atoms with Crippen molar-refractivity contribution in [3.05, 3.63) is 57.8 Å². The molecule has 0 radical (unpaired) electrons. The van der Waals surface area contributed by atoms with E-state index < -0.39 is 0 Å². The summed E-state index contributed by atoms with van der Waals surface area (Å²) in [6, 6.07) is 14.3. The molecule has 1 fully saturated rings. The lowest BCUT2D eigenvalue weighted by molar-refractivity contribution is 0.343. The van der Waals surface area contributed by atoms with Gasteiger partial charge in [-0.2, -0.15) is 0 Å². The highest BCUT2D eigenvalue weighted by molar-refractivity contribution is 7.10. The summed E-state index contributed by atoms with van der Waals surface area (Å²) in [6.45, 7) is 4.47.